The Morgan fingerprint density at radius 1 is 1.32 bits per heavy atom. The fourth-order valence-corrected chi connectivity index (χ4v) is 4.36. The smallest absolute Gasteiger partial charge is 0.272 e. The number of aromatic nitrogens is 1. The van der Waals surface area contributed by atoms with E-state index in [4.69, 9.17) is 4.74 Å². The number of pyridine rings is 1. The first kappa shape index (κ1) is 19.6. The number of amides is 2. The summed E-state index contributed by atoms with van der Waals surface area (Å²) in [5.41, 5.74) is 3.71. The van der Waals surface area contributed by atoms with E-state index in [9.17, 15) is 9.59 Å². The van der Waals surface area contributed by atoms with Crippen molar-refractivity contribution in [1.82, 2.24) is 15.2 Å². The molecule has 1 aromatic rings. The van der Waals surface area contributed by atoms with Gasteiger partial charge in [-0.3, -0.25) is 19.5 Å². The van der Waals surface area contributed by atoms with E-state index in [2.05, 4.69) is 30.1 Å². The number of hydrogen-bond donors (Lipinski definition) is 1. The Morgan fingerprint density at radius 2 is 2.19 bits per heavy atom. The Balaban J connectivity index is 1.26. The monoisotopic (exact) mass is 420 g/mol. The summed E-state index contributed by atoms with van der Waals surface area (Å²) in [4.78, 5) is 41.5. The van der Waals surface area contributed by atoms with E-state index in [1.165, 1.54) is 0 Å². The van der Waals surface area contributed by atoms with Crippen LogP contribution < -0.4 is 15.0 Å². The minimum Gasteiger partial charge on any atom is -0.474 e. The number of carbonyl (C=O) groups excluding carboxylic acids is 2. The van der Waals surface area contributed by atoms with E-state index in [0.717, 1.165) is 43.2 Å². The normalized spacial score (nSPS) is 24.8. The van der Waals surface area contributed by atoms with Crippen LogP contribution in [-0.4, -0.2) is 85.5 Å². The predicted octanol–water partition coefficient (Wildman–Crippen LogP) is 0.631. The second kappa shape index (κ2) is 7.73. The summed E-state index contributed by atoms with van der Waals surface area (Å²) in [7, 11) is 1.59. The number of nitrogens with zero attached hydrogens (tertiary/aromatic N) is 5. The first-order valence-electron chi connectivity index (χ1n) is 10.4. The third kappa shape index (κ3) is 3.65. The molecule has 9 nitrogen and oxygen atoms in total. The SMILES string of the molecule is CNC(=O)c1ccc2c(n1)OC[C@@H]1CN(CC3=CC4=NC(=O)C(C)=CC4N=C3)CCN21. The van der Waals surface area contributed by atoms with E-state index in [1.807, 2.05) is 24.4 Å². The summed E-state index contributed by atoms with van der Waals surface area (Å²) in [6, 6.07) is 3.72. The molecule has 2 amide bonds. The number of fused-ring (bicyclic) bond motifs is 4. The van der Waals surface area contributed by atoms with Gasteiger partial charge in [0.05, 0.1) is 11.8 Å². The van der Waals surface area contributed by atoms with Gasteiger partial charge >= 0.3 is 0 Å². The first-order valence-corrected chi connectivity index (χ1v) is 10.4. The average Bonchev–Trinajstić information content (AvgIpc) is 2.79. The van der Waals surface area contributed by atoms with Gasteiger partial charge in [-0.1, -0.05) is 0 Å². The van der Waals surface area contributed by atoms with Crippen LogP contribution >= 0.6 is 0 Å². The molecule has 1 N–H and O–H groups in total. The van der Waals surface area contributed by atoms with Gasteiger partial charge in [0, 0.05) is 45.0 Å². The molecule has 4 aliphatic heterocycles. The third-order valence-electron chi connectivity index (χ3n) is 6.01. The highest BCUT2D eigenvalue weighted by molar-refractivity contribution is 6.16. The molecule has 9 heteroatoms. The zero-order valence-electron chi connectivity index (χ0n) is 17.5. The topological polar surface area (TPSA) is 99.5 Å². The van der Waals surface area contributed by atoms with Gasteiger partial charge in [0.25, 0.3) is 11.8 Å². The highest BCUT2D eigenvalue weighted by Crippen LogP contribution is 2.34. The maximum absolute atomic E-state index is 11.9. The molecule has 1 fully saturated rings. The number of dihydropyridines is 2. The molecule has 31 heavy (non-hydrogen) atoms. The lowest BCUT2D eigenvalue weighted by Gasteiger charge is -2.45. The number of aliphatic imine (C=N–C) groups is 2. The van der Waals surface area contributed by atoms with Crippen molar-refractivity contribution in [2.45, 2.75) is 19.0 Å². The number of anilines is 1. The number of piperazine rings is 1. The summed E-state index contributed by atoms with van der Waals surface area (Å²) >= 11 is 0. The maximum Gasteiger partial charge on any atom is 0.272 e. The van der Waals surface area contributed by atoms with Gasteiger partial charge in [-0.25, -0.2) is 9.98 Å². The van der Waals surface area contributed by atoms with Crippen molar-refractivity contribution >= 4 is 29.4 Å². The van der Waals surface area contributed by atoms with E-state index < -0.39 is 0 Å². The fourth-order valence-electron chi connectivity index (χ4n) is 4.36. The van der Waals surface area contributed by atoms with Crippen molar-refractivity contribution in [2.75, 3.05) is 44.7 Å². The second-order valence-electron chi connectivity index (χ2n) is 8.13. The summed E-state index contributed by atoms with van der Waals surface area (Å²) in [5.74, 6) is 0.110. The van der Waals surface area contributed by atoms with E-state index in [0.29, 0.717) is 23.8 Å². The number of hydrogen-bond acceptors (Lipinski definition) is 7. The van der Waals surface area contributed by atoms with Gasteiger partial charge in [-0.2, -0.15) is 0 Å². The second-order valence-corrected chi connectivity index (χ2v) is 8.13. The molecule has 0 aromatic carbocycles. The van der Waals surface area contributed by atoms with Crippen LogP contribution in [0.1, 0.15) is 17.4 Å². The van der Waals surface area contributed by atoms with Gasteiger partial charge in [-0.15, -0.1) is 0 Å². The Morgan fingerprint density at radius 3 is 3.03 bits per heavy atom. The summed E-state index contributed by atoms with van der Waals surface area (Å²) in [5, 5.41) is 2.59. The van der Waals surface area contributed by atoms with E-state index >= 15 is 0 Å². The van der Waals surface area contributed by atoms with Crippen LogP contribution in [0.15, 0.2) is 45.4 Å². The van der Waals surface area contributed by atoms with E-state index in [-0.39, 0.29) is 23.9 Å². The van der Waals surface area contributed by atoms with Gasteiger partial charge in [-0.05, 0) is 36.8 Å². The third-order valence-corrected chi connectivity index (χ3v) is 6.01. The fraction of sp³-hybridized carbons (Fsp3) is 0.409. The van der Waals surface area contributed by atoms with Crippen molar-refractivity contribution in [3.05, 3.63) is 41.1 Å². The highest BCUT2D eigenvalue weighted by atomic mass is 16.5. The zero-order valence-corrected chi connectivity index (χ0v) is 17.5. The molecule has 2 atom stereocenters. The highest BCUT2D eigenvalue weighted by Gasteiger charge is 2.34. The van der Waals surface area contributed by atoms with Gasteiger partial charge in [0.2, 0.25) is 5.88 Å². The molecule has 0 radical (unpaired) electrons. The molecule has 0 spiro atoms. The van der Waals surface area contributed by atoms with Crippen LogP contribution in [0.3, 0.4) is 0 Å². The average molecular weight is 420 g/mol. The molecular formula is C22H24N6O3. The standard InChI is InChI=1S/C22H24N6O3/c1-13-7-17-18(25-20(13)29)8-14(9-24-17)10-27-5-6-28-15(11-27)12-31-22-19(28)4-3-16(26-22)21(30)23-2/h3-4,7-9,15,17H,5-6,10-12H2,1-2H3,(H,23,30)/t15-,17?/m0/s1. The molecule has 4 aliphatic rings. The largest absolute Gasteiger partial charge is 0.474 e. The molecule has 1 saturated heterocycles. The molecule has 0 bridgehead atoms. The lowest BCUT2D eigenvalue weighted by Crippen LogP contribution is -2.57. The van der Waals surface area contributed by atoms with Crippen molar-refractivity contribution in [3.63, 3.8) is 0 Å². The molecule has 0 aliphatic carbocycles. The lowest BCUT2D eigenvalue weighted by molar-refractivity contribution is -0.114. The van der Waals surface area contributed by atoms with Crippen LogP contribution in [0, 0.1) is 0 Å². The molecule has 160 valence electrons. The number of nitrogens with one attached hydrogen (secondary N) is 1. The van der Waals surface area contributed by atoms with Crippen molar-refractivity contribution < 1.29 is 14.3 Å². The Kier molecular flexibility index (Phi) is 4.90. The zero-order chi connectivity index (χ0) is 21.5. The van der Waals surface area contributed by atoms with Gasteiger partial charge < -0.3 is 15.0 Å². The van der Waals surface area contributed by atoms with Crippen molar-refractivity contribution in [2.24, 2.45) is 9.98 Å². The number of rotatable bonds is 3. The molecule has 5 rings (SSSR count). The minimum absolute atomic E-state index is 0.145. The summed E-state index contributed by atoms with van der Waals surface area (Å²) < 4.78 is 5.90. The molecule has 5 heterocycles. The Bertz CT molecular complexity index is 1070. The van der Waals surface area contributed by atoms with Crippen molar-refractivity contribution in [1.29, 1.82) is 0 Å². The Labute approximate surface area is 180 Å². The van der Waals surface area contributed by atoms with Crippen molar-refractivity contribution in [3.8, 4) is 5.88 Å². The molecule has 1 aromatic heterocycles. The number of carbonyl (C=O) groups is 2. The first-order chi connectivity index (χ1) is 15.0. The molecule has 0 saturated carbocycles. The molecular weight excluding hydrogens is 396 g/mol. The van der Waals surface area contributed by atoms with Crippen LogP contribution in [-0.2, 0) is 4.79 Å². The summed E-state index contributed by atoms with van der Waals surface area (Å²) in [6.07, 6.45) is 5.75. The quantitative estimate of drug-likeness (QED) is 0.770. The lowest BCUT2D eigenvalue weighted by atomic mass is 9.99. The predicted molar refractivity (Wildman–Crippen MR) is 117 cm³/mol. The summed E-state index contributed by atoms with van der Waals surface area (Å²) in [6.45, 7) is 5.61. The van der Waals surface area contributed by atoms with Crippen LogP contribution in [0.25, 0.3) is 0 Å². The van der Waals surface area contributed by atoms with Gasteiger partial charge in [0.1, 0.15) is 24.0 Å². The van der Waals surface area contributed by atoms with Crippen LogP contribution in [0.2, 0.25) is 0 Å². The van der Waals surface area contributed by atoms with Gasteiger partial charge in [0.15, 0.2) is 0 Å². The minimum atomic E-state index is -0.224. The maximum atomic E-state index is 11.9. The van der Waals surface area contributed by atoms with Crippen LogP contribution in [0.4, 0.5) is 5.69 Å². The molecule has 1 unspecified atom stereocenters. The van der Waals surface area contributed by atoms with Crippen LogP contribution in [0.5, 0.6) is 5.88 Å². The Hall–Kier alpha value is -3.33. The number of ether oxygens (including phenoxy) is 1. The van der Waals surface area contributed by atoms with E-state index in [1.54, 1.807) is 20.0 Å².